The Morgan fingerprint density at radius 1 is 1.33 bits per heavy atom. The minimum absolute atomic E-state index is 0.239. The molecule has 0 amide bonds. The SMILES string of the molecule is C/C=C\C/C=C\C=C\C(C)OO. The van der Waals surface area contributed by atoms with E-state index in [1.165, 1.54) is 0 Å². The first-order valence-corrected chi connectivity index (χ1v) is 4.06. The van der Waals surface area contributed by atoms with Gasteiger partial charge in [0.25, 0.3) is 0 Å². The molecule has 0 saturated carbocycles. The molecule has 0 fully saturated rings. The lowest BCUT2D eigenvalue weighted by molar-refractivity contribution is -0.261. The fourth-order valence-electron chi connectivity index (χ4n) is 0.628. The van der Waals surface area contributed by atoms with Crippen molar-refractivity contribution in [1.82, 2.24) is 0 Å². The van der Waals surface area contributed by atoms with Gasteiger partial charge in [-0.15, -0.1) is 0 Å². The number of hydrogen-bond acceptors (Lipinski definition) is 2. The van der Waals surface area contributed by atoms with Gasteiger partial charge in [0.05, 0.1) is 0 Å². The fraction of sp³-hybridized carbons (Fsp3) is 0.400. The first-order chi connectivity index (χ1) is 5.81. The van der Waals surface area contributed by atoms with Gasteiger partial charge < -0.3 is 0 Å². The van der Waals surface area contributed by atoms with Crippen LogP contribution in [0.25, 0.3) is 0 Å². The summed E-state index contributed by atoms with van der Waals surface area (Å²) in [7, 11) is 0. The lowest BCUT2D eigenvalue weighted by atomic mass is 10.3. The highest BCUT2D eigenvalue weighted by atomic mass is 17.1. The molecular formula is C10H16O2. The van der Waals surface area contributed by atoms with Crippen molar-refractivity contribution in [3.63, 3.8) is 0 Å². The molecule has 1 atom stereocenters. The predicted octanol–water partition coefficient (Wildman–Crippen LogP) is 2.94. The van der Waals surface area contributed by atoms with Crippen LogP contribution < -0.4 is 0 Å². The first-order valence-electron chi connectivity index (χ1n) is 4.06. The first kappa shape index (κ1) is 11.1. The summed E-state index contributed by atoms with van der Waals surface area (Å²) in [6.07, 6.45) is 12.3. The molecule has 0 aliphatic carbocycles. The summed E-state index contributed by atoms with van der Waals surface area (Å²) in [6.45, 7) is 3.75. The average molecular weight is 168 g/mol. The summed E-state index contributed by atoms with van der Waals surface area (Å²) < 4.78 is 0. The van der Waals surface area contributed by atoms with Gasteiger partial charge in [-0.2, -0.15) is 0 Å². The van der Waals surface area contributed by atoms with Crippen LogP contribution in [-0.4, -0.2) is 11.4 Å². The van der Waals surface area contributed by atoms with Crippen molar-refractivity contribution < 1.29 is 10.1 Å². The molecule has 0 bridgehead atoms. The molecule has 0 aliphatic rings. The second kappa shape index (κ2) is 8.24. The summed E-state index contributed by atoms with van der Waals surface area (Å²) in [5.41, 5.74) is 0. The summed E-state index contributed by atoms with van der Waals surface area (Å²) in [5, 5.41) is 8.19. The third-order valence-corrected chi connectivity index (χ3v) is 1.30. The number of hydrogen-bond donors (Lipinski definition) is 1. The Balaban J connectivity index is 3.51. The van der Waals surface area contributed by atoms with E-state index in [1.807, 2.05) is 31.2 Å². The number of rotatable bonds is 5. The van der Waals surface area contributed by atoms with Crippen molar-refractivity contribution in [2.75, 3.05) is 0 Å². The standard InChI is InChI=1S/C10H16O2/c1-3-4-5-6-7-8-9-10(2)12-11/h3-4,6-11H,5H2,1-2H3/b4-3-,7-6-,9-8+. The Hall–Kier alpha value is -0.860. The van der Waals surface area contributed by atoms with Crippen LogP contribution in [0.15, 0.2) is 36.5 Å². The van der Waals surface area contributed by atoms with E-state index in [4.69, 9.17) is 5.26 Å². The van der Waals surface area contributed by atoms with Crippen molar-refractivity contribution >= 4 is 0 Å². The fourth-order valence-corrected chi connectivity index (χ4v) is 0.628. The Bertz CT molecular complexity index is 169. The van der Waals surface area contributed by atoms with Crippen molar-refractivity contribution in [3.05, 3.63) is 36.5 Å². The van der Waals surface area contributed by atoms with Gasteiger partial charge in [0.15, 0.2) is 0 Å². The van der Waals surface area contributed by atoms with E-state index in [9.17, 15) is 0 Å². The van der Waals surface area contributed by atoms with E-state index >= 15 is 0 Å². The summed E-state index contributed by atoms with van der Waals surface area (Å²) in [4.78, 5) is 4.04. The molecule has 12 heavy (non-hydrogen) atoms. The van der Waals surface area contributed by atoms with Gasteiger partial charge in [0.2, 0.25) is 0 Å². The maximum atomic E-state index is 8.19. The maximum Gasteiger partial charge on any atom is 0.108 e. The molecule has 0 saturated heterocycles. The van der Waals surface area contributed by atoms with Gasteiger partial charge in [0, 0.05) is 0 Å². The van der Waals surface area contributed by atoms with Gasteiger partial charge in [0.1, 0.15) is 6.10 Å². The van der Waals surface area contributed by atoms with E-state index in [-0.39, 0.29) is 6.10 Å². The van der Waals surface area contributed by atoms with Gasteiger partial charge >= 0.3 is 0 Å². The van der Waals surface area contributed by atoms with E-state index < -0.39 is 0 Å². The highest BCUT2D eigenvalue weighted by Crippen LogP contribution is 1.91. The minimum Gasteiger partial charge on any atom is -0.251 e. The van der Waals surface area contributed by atoms with Crippen LogP contribution in [0.3, 0.4) is 0 Å². The number of allylic oxidation sites excluding steroid dienone is 5. The molecule has 1 N–H and O–H groups in total. The van der Waals surface area contributed by atoms with E-state index in [2.05, 4.69) is 11.0 Å². The highest BCUT2D eigenvalue weighted by molar-refractivity contribution is 5.06. The highest BCUT2D eigenvalue weighted by Gasteiger charge is 1.89. The van der Waals surface area contributed by atoms with Crippen molar-refractivity contribution in [2.24, 2.45) is 0 Å². The molecule has 2 heteroatoms. The Labute approximate surface area is 73.8 Å². The third-order valence-electron chi connectivity index (χ3n) is 1.30. The van der Waals surface area contributed by atoms with Gasteiger partial charge in [-0.05, 0) is 20.3 Å². The molecule has 0 aliphatic heterocycles. The lowest BCUT2D eigenvalue weighted by Crippen LogP contribution is -1.98. The Kier molecular flexibility index (Phi) is 7.65. The van der Waals surface area contributed by atoms with E-state index in [0.717, 1.165) is 6.42 Å². The minimum atomic E-state index is -0.239. The summed E-state index contributed by atoms with van der Waals surface area (Å²) >= 11 is 0. The molecule has 0 aromatic carbocycles. The third kappa shape index (κ3) is 7.25. The molecule has 0 aromatic rings. The molecule has 0 radical (unpaired) electrons. The maximum absolute atomic E-state index is 8.19. The van der Waals surface area contributed by atoms with Crippen molar-refractivity contribution in [1.29, 1.82) is 0 Å². The zero-order chi connectivity index (χ0) is 9.23. The molecule has 0 spiro atoms. The van der Waals surface area contributed by atoms with E-state index in [0.29, 0.717) is 0 Å². The molecule has 0 heterocycles. The molecule has 68 valence electrons. The average Bonchev–Trinajstić information content (AvgIpc) is 2.10. The molecule has 1 unspecified atom stereocenters. The smallest absolute Gasteiger partial charge is 0.108 e. The van der Waals surface area contributed by atoms with Crippen LogP contribution in [0.2, 0.25) is 0 Å². The van der Waals surface area contributed by atoms with Crippen molar-refractivity contribution in [2.45, 2.75) is 26.4 Å². The zero-order valence-electron chi connectivity index (χ0n) is 7.60. The zero-order valence-corrected chi connectivity index (χ0v) is 7.60. The van der Waals surface area contributed by atoms with Gasteiger partial charge in [-0.25, -0.2) is 4.89 Å². The summed E-state index contributed by atoms with van der Waals surface area (Å²) in [5.74, 6) is 0. The predicted molar refractivity (Wildman–Crippen MR) is 50.9 cm³/mol. The largest absolute Gasteiger partial charge is 0.251 e. The Morgan fingerprint density at radius 3 is 2.67 bits per heavy atom. The molecular weight excluding hydrogens is 152 g/mol. The Morgan fingerprint density at radius 2 is 2.08 bits per heavy atom. The summed E-state index contributed by atoms with van der Waals surface area (Å²) in [6, 6.07) is 0. The van der Waals surface area contributed by atoms with Crippen LogP contribution in [0, 0.1) is 0 Å². The second-order valence-electron chi connectivity index (χ2n) is 2.43. The van der Waals surface area contributed by atoms with Gasteiger partial charge in [-0.1, -0.05) is 36.5 Å². The van der Waals surface area contributed by atoms with E-state index in [1.54, 1.807) is 13.0 Å². The quantitative estimate of drug-likeness (QED) is 0.296. The topological polar surface area (TPSA) is 29.5 Å². The lowest BCUT2D eigenvalue weighted by Gasteiger charge is -1.96. The van der Waals surface area contributed by atoms with Crippen LogP contribution in [0.5, 0.6) is 0 Å². The van der Waals surface area contributed by atoms with Crippen LogP contribution in [0.4, 0.5) is 0 Å². The van der Waals surface area contributed by atoms with Crippen LogP contribution in [0.1, 0.15) is 20.3 Å². The molecule has 0 aromatic heterocycles. The van der Waals surface area contributed by atoms with Crippen LogP contribution >= 0.6 is 0 Å². The second-order valence-corrected chi connectivity index (χ2v) is 2.43. The van der Waals surface area contributed by atoms with Crippen molar-refractivity contribution in [3.8, 4) is 0 Å². The monoisotopic (exact) mass is 168 g/mol. The van der Waals surface area contributed by atoms with Gasteiger partial charge in [-0.3, -0.25) is 5.26 Å². The molecule has 2 nitrogen and oxygen atoms in total. The van der Waals surface area contributed by atoms with Crippen LogP contribution in [-0.2, 0) is 4.89 Å². The normalized spacial score (nSPS) is 15.2. The molecule has 0 rings (SSSR count).